The molecule has 1 aromatic carbocycles. The van der Waals surface area contributed by atoms with Crippen LogP contribution in [0.4, 0.5) is 10.1 Å². The number of hydrogen-bond acceptors (Lipinski definition) is 3. The van der Waals surface area contributed by atoms with Crippen LogP contribution in [0.15, 0.2) is 42.7 Å². The van der Waals surface area contributed by atoms with Crippen LogP contribution in [0.1, 0.15) is 10.4 Å². The highest BCUT2D eigenvalue weighted by molar-refractivity contribution is 6.03. The van der Waals surface area contributed by atoms with Gasteiger partial charge in [-0.25, -0.2) is 4.39 Å². The molecule has 16 heavy (non-hydrogen) atoms. The zero-order valence-corrected chi connectivity index (χ0v) is 8.22. The van der Waals surface area contributed by atoms with Gasteiger partial charge in [0, 0.05) is 5.69 Å². The first-order valence-corrected chi connectivity index (χ1v) is 4.59. The van der Waals surface area contributed by atoms with Gasteiger partial charge in [0.05, 0.1) is 18.0 Å². The van der Waals surface area contributed by atoms with Crippen LogP contribution in [0.3, 0.4) is 0 Å². The number of amides is 1. The minimum absolute atomic E-state index is 0.304. The molecule has 0 saturated carbocycles. The fourth-order valence-electron chi connectivity index (χ4n) is 1.16. The maximum absolute atomic E-state index is 12.6. The molecule has 1 heterocycles. The smallest absolute Gasteiger partial charge is 0.257 e. The zero-order chi connectivity index (χ0) is 11.4. The standard InChI is InChI=1S/C11H8FN3O/c12-9-1-3-10(4-2-9)15-11(16)8-5-6-13-14-7-8/h1-7H,(H,15,16). The van der Waals surface area contributed by atoms with Gasteiger partial charge in [0.25, 0.3) is 5.91 Å². The van der Waals surface area contributed by atoms with Crippen molar-refractivity contribution >= 4 is 11.6 Å². The Morgan fingerprint density at radius 3 is 2.50 bits per heavy atom. The topological polar surface area (TPSA) is 54.9 Å². The molecule has 2 aromatic rings. The molecule has 80 valence electrons. The Labute approximate surface area is 91.1 Å². The highest BCUT2D eigenvalue weighted by Crippen LogP contribution is 2.09. The van der Waals surface area contributed by atoms with E-state index in [9.17, 15) is 9.18 Å². The highest BCUT2D eigenvalue weighted by Gasteiger charge is 2.05. The third kappa shape index (κ3) is 2.38. The second-order valence-corrected chi connectivity index (χ2v) is 3.09. The number of rotatable bonds is 2. The highest BCUT2D eigenvalue weighted by atomic mass is 19.1. The lowest BCUT2D eigenvalue weighted by Gasteiger charge is -2.03. The van der Waals surface area contributed by atoms with Crippen LogP contribution in [0, 0.1) is 5.82 Å². The number of benzene rings is 1. The van der Waals surface area contributed by atoms with Gasteiger partial charge in [0.1, 0.15) is 5.82 Å². The SMILES string of the molecule is O=C(Nc1ccc(F)cc1)c1ccnnc1. The molecular weight excluding hydrogens is 209 g/mol. The van der Waals surface area contributed by atoms with E-state index in [2.05, 4.69) is 15.5 Å². The van der Waals surface area contributed by atoms with Crippen LogP contribution in [0.5, 0.6) is 0 Å². The van der Waals surface area contributed by atoms with E-state index in [1.807, 2.05) is 0 Å². The van der Waals surface area contributed by atoms with Crippen molar-refractivity contribution in [1.82, 2.24) is 10.2 Å². The van der Waals surface area contributed by atoms with E-state index in [1.165, 1.54) is 36.7 Å². The molecule has 4 nitrogen and oxygen atoms in total. The Morgan fingerprint density at radius 1 is 1.12 bits per heavy atom. The molecule has 0 spiro atoms. The average molecular weight is 217 g/mol. The largest absolute Gasteiger partial charge is 0.322 e. The van der Waals surface area contributed by atoms with E-state index in [4.69, 9.17) is 0 Å². The summed E-state index contributed by atoms with van der Waals surface area (Å²) in [5, 5.41) is 9.77. The molecule has 0 unspecified atom stereocenters. The van der Waals surface area contributed by atoms with Crippen molar-refractivity contribution in [3.05, 3.63) is 54.1 Å². The van der Waals surface area contributed by atoms with Gasteiger partial charge < -0.3 is 5.32 Å². The third-order valence-electron chi connectivity index (χ3n) is 1.95. The van der Waals surface area contributed by atoms with E-state index in [1.54, 1.807) is 6.07 Å². The molecule has 1 N–H and O–H groups in total. The lowest BCUT2D eigenvalue weighted by Crippen LogP contribution is -2.12. The van der Waals surface area contributed by atoms with E-state index in [0.717, 1.165) is 0 Å². The number of nitrogens with zero attached hydrogens (tertiary/aromatic N) is 2. The van der Waals surface area contributed by atoms with E-state index in [0.29, 0.717) is 11.3 Å². The minimum Gasteiger partial charge on any atom is -0.322 e. The molecule has 0 aliphatic rings. The number of nitrogens with one attached hydrogen (secondary N) is 1. The van der Waals surface area contributed by atoms with Crippen LogP contribution in [-0.4, -0.2) is 16.1 Å². The molecule has 0 aliphatic carbocycles. The van der Waals surface area contributed by atoms with Crippen LogP contribution in [-0.2, 0) is 0 Å². The average Bonchev–Trinajstić information content (AvgIpc) is 2.33. The van der Waals surface area contributed by atoms with Crippen LogP contribution in [0.2, 0.25) is 0 Å². The fourth-order valence-corrected chi connectivity index (χ4v) is 1.16. The fraction of sp³-hybridized carbons (Fsp3) is 0. The number of halogens is 1. The summed E-state index contributed by atoms with van der Waals surface area (Å²) < 4.78 is 12.6. The van der Waals surface area contributed by atoms with Crippen molar-refractivity contribution in [3.63, 3.8) is 0 Å². The maximum Gasteiger partial charge on any atom is 0.257 e. The Kier molecular flexibility index (Phi) is 2.86. The molecule has 0 fully saturated rings. The normalized spacial score (nSPS) is 9.81. The van der Waals surface area contributed by atoms with E-state index >= 15 is 0 Å². The van der Waals surface area contributed by atoms with E-state index in [-0.39, 0.29) is 11.7 Å². The maximum atomic E-state index is 12.6. The summed E-state index contributed by atoms with van der Waals surface area (Å²) in [6.45, 7) is 0. The second kappa shape index (κ2) is 4.48. The van der Waals surface area contributed by atoms with Crippen molar-refractivity contribution in [2.45, 2.75) is 0 Å². The summed E-state index contributed by atoms with van der Waals surface area (Å²) in [6, 6.07) is 7.08. The molecule has 1 aromatic heterocycles. The first-order valence-electron chi connectivity index (χ1n) is 4.59. The zero-order valence-electron chi connectivity index (χ0n) is 8.22. The van der Waals surface area contributed by atoms with Gasteiger partial charge in [0.15, 0.2) is 0 Å². The predicted octanol–water partition coefficient (Wildman–Crippen LogP) is 1.87. The molecule has 0 atom stereocenters. The van der Waals surface area contributed by atoms with Gasteiger partial charge in [-0.3, -0.25) is 4.79 Å². The van der Waals surface area contributed by atoms with Gasteiger partial charge in [-0.15, -0.1) is 0 Å². The lowest BCUT2D eigenvalue weighted by atomic mass is 10.2. The first-order chi connectivity index (χ1) is 7.75. The summed E-state index contributed by atoms with van der Waals surface area (Å²) in [4.78, 5) is 11.6. The van der Waals surface area contributed by atoms with Crippen LogP contribution >= 0.6 is 0 Å². The van der Waals surface area contributed by atoms with Gasteiger partial charge in [-0.1, -0.05) is 0 Å². The third-order valence-corrected chi connectivity index (χ3v) is 1.95. The second-order valence-electron chi connectivity index (χ2n) is 3.09. The molecule has 1 amide bonds. The molecule has 5 heteroatoms. The Bertz CT molecular complexity index is 484. The summed E-state index contributed by atoms with van der Waals surface area (Å²) in [7, 11) is 0. The van der Waals surface area contributed by atoms with Crippen molar-refractivity contribution in [1.29, 1.82) is 0 Å². The Hall–Kier alpha value is -2.30. The monoisotopic (exact) mass is 217 g/mol. The predicted molar refractivity (Wildman–Crippen MR) is 56.4 cm³/mol. The van der Waals surface area contributed by atoms with Crippen molar-refractivity contribution in [2.75, 3.05) is 5.32 Å². The summed E-state index contributed by atoms with van der Waals surface area (Å²) in [6.07, 6.45) is 2.79. The molecule has 0 bridgehead atoms. The molecule has 2 rings (SSSR count). The molecular formula is C11H8FN3O. The Balaban J connectivity index is 2.11. The van der Waals surface area contributed by atoms with Gasteiger partial charge in [0.2, 0.25) is 0 Å². The van der Waals surface area contributed by atoms with Crippen molar-refractivity contribution < 1.29 is 9.18 Å². The van der Waals surface area contributed by atoms with E-state index < -0.39 is 0 Å². The van der Waals surface area contributed by atoms with Crippen LogP contribution < -0.4 is 5.32 Å². The summed E-state index contributed by atoms with van der Waals surface area (Å²) in [5.74, 6) is -0.648. The summed E-state index contributed by atoms with van der Waals surface area (Å²) in [5.41, 5.74) is 0.933. The number of aromatic nitrogens is 2. The van der Waals surface area contributed by atoms with Gasteiger partial charge in [-0.2, -0.15) is 10.2 Å². The molecule has 0 aliphatic heterocycles. The Morgan fingerprint density at radius 2 is 1.88 bits per heavy atom. The molecule has 0 saturated heterocycles. The first kappa shape index (κ1) is 10.2. The number of hydrogen-bond donors (Lipinski definition) is 1. The quantitative estimate of drug-likeness (QED) is 0.835. The van der Waals surface area contributed by atoms with Crippen LogP contribution in [0.25, 0.3) is 0 Å². The summed E-state index contributed by atoms with van der Waals surface area (Å²) >= 11 is 0. The van der Waals surface area contributed by atoms with Crippen molar-refractivity contribution in [2.24, 2.45) is 0 Å². The molecule has 0 radical (unpaired) electrons. The van der Waals surface area contributed by atoms with Crippen molar-refractivity contribution in [3.8, 4) is 0 Å². The minimum atomic E-state index is -0.344. The number of carbonyl (C=O) groups excluding carboxylic acids is 1. The van der Waals surface area contributed by atoms with Gasteiger partial charge >= 0.3 is 0 Å². The van der Waals surface area contributed by atoms with Gasteiger partial charge in [-0.05, 0) is 30.3 Å². The number of anilines is 1. The lowest BCUT2D eigenvalue weighted by molar-refractivity contribution is 0.102. The number of carbonyl (C=O) groups is 1.